The summed E-state index contributed by atoms with van der Waals surface area (Å²) < 4.78 is 30.5. The second kappa shape index (κ2) is 5.01. The van der Waals surface area contributed by atoms with E-state index >= 15 is 0 Å². The summed E-state index contributed by atoms with van der Waals surface area (Å²) >= 11 is 0. The Morgan fingerprint density at radius 1 is 1.42 bits per heavy atom. The molecule has 100 valence electrons. The molecule has 1 heterocycles. The fourth-order valence-electron chi connectivity index (χ4n) is 1.50. The third-order valence-electron chi connectivity index (χ3n) is 2.49. The van der Waals surface area contributed by atoms with Crippen molar-refractivity contribution in [1.29, 1.82) is 0 Å². The molecule has 0 bridgehead atoms. The van der Waals surface area contributed by atoms with E-state index in [1.54, 1.807) is 0 Å². The third kappa shape index (κ3) is 2.67. The van der Waals surface area contributed by atoms with E-state index in [9.17, 15) is 13.6 Å². The molecule has 19 heavy (non-hydrogen) atoms. The van der Waals surface area contributed by atoms with Gasteiger partial charge in [-0.15, -0.1) is 0 Å². The van der Waals surface area contributed by atoms with Crippen LogP contribution in [0.15, 0.2) is 22.8 Å². The van der Waals surface area contributed by atoms with Gasteiger partial charge in [0, 0.05) is 25.2 Å². The lowest BCUT2D eigenvalue weighted by Crippen LogP contribution is -2.27. The summed E-state index contributed by atoms with van der Waals surface area (Å²) in [4.78, 5) is 13.1. The van der Waals surface area contributed by atoms with Gasteiger partial charge < -0.3 is 10.6 Å². The molecule has 0 radical (unpaired) electrons. The number of nitrogen functional groups attached to an aromatic ring is 1. The van der Waals surface area contributed by atoms with Gasteiger partial charge in [-0.3, -0.25) is 4.79 Å². The number of hydrogen-bond acceptors (Lipinski definition) is 5. The van der Waals surface area contributed by atoms with Gasteiger partial charge in [0.15, 0.2) is 0 Å². The van der Waals surface area contributed by atoms with Crippen molar-refractivity contribution in [3.05, 3.63) is 41.1 Å². The second-order valence-electron chi connectivity index (χ2n) is 3.90. The monoisotopic (exact) mass is 268 g/mol. The van der Waals surface area contributed by atoms with Crippen LogP contribution >= 0.6 is 0 Å². The van der Waals surface area contributed by atoms with Crippen molar-refractivity contribution in [2.75, 3.05) is 12.8 Å². The number of hydrogen-bond donors (Lipinski definition) is 1. The summed E-state index contributed by atoms with van der Waals surface area (Å²) in [5, 5.41) is 6.64. The first-order valence-corrected chi connectivity index (χ1v) is 5.26. The maximum absolute atomic E-state index is 13.4. The molecule has 2 aromatic rings. The van der Waals surface area contributed by atoms with Gasteiger partial charge >= 0.3 is 0 Å². The van der Waals surface area contributed by atoms with Gasteiger partial charge in [-0.25, -0.2) is 13.4 Å². The van der Waals surface area contributed by atoms with E-state index in [2.05, 4.69) is 14.9 Å². The topological polar surface area (TPSA) is 85.2 Å². The lowest BCUT2D eigenvalue weighted by Gasteiger charge is -2.16. The molecular weight excluding hydrogens is 258 g/mol. The first-order chi connectivity index (χ1) is 8.99. The number of carbonyl (C=O) groups excluding carboxylic acids is 1. The van der Waals surface area contributed by atoms with E-state index in [-0.39, 0.29) is 23.6 Å². The molecule has 0 aliphatic carbocycles. The smallest absolute Gasteiger partial charge is 0.280 e. The fraction of sp³-hybridized carbons (Fsp3) is 0.182. The Kier molecular flexibility index (Phi) is 3.41. The number of anilines is 1. The van der Waals surface area contributed by atoms with Crippen LogP contribution in [0.1, 0.15) is 16.1 Å². The van der Waals surface area contributed by atoms with E-state index in [1.807, 2.05) is 0 Å². The Morgan fingerprint density at radius 3 is 2.74 bits per heavy atom. The van der Waals surface area contributed by atoms with Crippen LogP contribution in [0, 0.1) is 11.6 Å². The number of nitrogens with two attached hydrogens (primary N) is 1. The predicted molar refractivity (Wildman–Crippen MR) is 60.9 cm³/mol. The minimum Gasteiger partial charge on any atom is -0.379 e. The number of rotatable bonds is 3. The summed E-state index contributed by atoms with van der Waals surface area (Å²) in [5.74, 6) is -2.12. The molecule has 0 aliphatic heterocycles. The average Bonchev–Trinajstić information content (AvgIpc) is 2.78. The summed E-state index contributed by atoms with van der Waals surface area (Å²) in [5.41, 5.74) is 5.41. The van der Waals surface area contributed by atoms with Gasteiger partial charge in [0.1, 0.15) is 11.6 Å². The Balaban J connectivity index is 2.15. The highest BCUT2D eigenvalue weighted by Gasteiger charge is 2.21. The molecule has 2 N–H and O–H groups in total. The van der Waals surface area contributed by atoms with Gasteiger partial charge in [0.2, 0.25) is 11.5 Å². The van der Waals surface area contributed by atoms with E-state index < -0.39 is 17.5 Å². The molecule has 0 spiro atoms. The quantitative estimate of drug-likeness (QED) is 0.904. The van der Waals surface area contributed by atoms with E-state index in [0.717, 1.165) is 12.1 Å². The van der Waals surface area contributed by atoms with Crippen LogP contribution in [0.2, 0.25) is 0 Å². The zero-order chi connectivity index (χ0) is 14.0. The van der Waals surface area contributed by atoms with Gasteiger partial charge in [-0.2, -0.15) is 0 Å². The molecule has 1 amide bonds. The standard InChI is InChI=1S/C11H10F2N4O2/c1-17(11(18)9-10(14)16-19-15-9)5-6-2-3-7(12)4-8(6)13/h2-4H,5H2,1H3,(H2,14,16). The maximum Gasteiger partial charge on any atom is 0.280 e. The number of benzene rings is 1. The van der Waals surface area contributed by atoms with E-state index in [0.29, 0.717) is 0 Å². The normalized spacial score (nSPS) is 10.5. The SMILES string of the molecule is CN(Cc1ccc(F)cc1F)C(=O)c1nonc1N. The molecule has 0 saturated carbocycles. The molecule has 8 heteroatoms. The minimum absolute atomic E-state index is 0.0583. The van der Waals surface area contributed by atoms with Crippen molar-refractivity contribution in [2.24, 2.45) is 0 Å². The van der Waals surface area contributed by atoms with Crippen molar-refractivity contribution >= 4 is 11.7 Å². The van der Waals surface area contributed by atoms with Crippen LogP contribution in [-0.2, 0) is 6.54 Å². The van der Waals surface area contributed by atoms with Gasteiger partial charge in [-0.1, -0.05) is 6.07 Å². The van der Waals surface area contributed by atoms with Crippen LogP contribution in [0.4, 0.5) is 14.6 Å². The first-order valence-electron chi connectivity index (χ1n) is 5.26. The Morgan fingerprint density at radius 2 is 2.16 bits per heavy atom. The molecule has 2 rings (SSSR count). The predicted octanol–water partition coefficient (Wildman–Crippen LogP) is 1.20. The summed E-state index contributed by atoms with van der Waals surface area (Å²) in [7, 11) is 1.43. The molecule has 0 fully saturated rings. The number of nitrogens with zero attached hydrogens (tertiary/aromatic N) is 3. The van der Waals surface area contributed by atoms with Gasteiger partial charge in [-0.05, 0) is 16.4 Å². The molecule has 6 nitrogen and oxygen atoms in total. The average molecular weight is 268 g/mol. The van der Waals surface area contributed by atoms with E-state index in [1.165, 1.54) is 18.0 Å². The van der Waals surface area contributed by atoms with E-state index in [4.69, 9.17) is 5.73 Å². The van der Waals surface area contributed by atoms with Crippen molar-refractivity contribution < 1.29 is 18.2 Å². The van der Waals surface area contributed by atoms with Gasteiger partial charge in [0.05, 0.1) is 0 Å². The lowest BCUT2D eigenvalue weighted by atomic mass is 10.2. The van der Waals surface area contributed by atoms with Crippen LogP contribution < -0.4 is 5.73 Å². The Labute approximate surface area is 106 Å². The molecule has 0 saturated heterocycles. The van der Waals surface area contributed by atoms with Crippen molar-refractivity contribution in [3.63, 3.8) is 0 Å². The molecular formula is C11H10F2N4O2. The zero-order valence-electron chi connectivity index (χ0n) is 9.93. The second-order valence-corrected chi connectivity index (χ2v) is 3.90. The van der Waals surface area contributed by atoms with Crippen LogP contribution in [-0.4, -0.2) is 28.2 Å². The minimum atomic E-state index is -0.731. The highest BCUT2D eigenvalue weighted by atomic mass is 19.1. The van der Waals surface area contributed by atoms with Crippen molar-refractivity contribution in [1.82, 2.24) is 15.2 Å². The molecule has 1 aromatic carbocycles. The summed E-state index contributed by atoms with van der Waals surface area (Å²) in [6.07, 6.45) is 0. The third-order valence-corrected chi connectivity index (χ3v) is 2.49. The van der Waals surface area contributed by atoms with Crippen molar-refractivity contribution in [3.8, 4) is 0 Å². The number of halogens is 2. The molecule has 1 aromatic heterocycles. The lowest BCUT2D eigenvalue weighted by molar-refractivity contribution is 0.0773. The largest absolute Gasteiger partial charge is 0.379 e. The fourth-order valence-corrected chi connectivity index (χ4v) is 1.50. The molecule has 0 unspecified atom stereocenters. The van der Waals surface area contributed by atoms with Crippen LogP contribution in [0.5, 0.6) is 0 Å². The molecule has 0 aliphatic rings. The Hall–Kier alpha value is -2.51. The zero-order valence-corrected chi connectivity index (χ0v) is 9.93. The number of carbonyl (C=O) groups is 1. The van der Waals surface area contributed by atoms with Crippen LogP contribution in [0.25, 0.3) is 0 Å². The van der Waals surface area contributed by atoms with Crippen molar-refractivity contribution in [2.45, 2.75) is 6.54 Å². The van der Waals surface area contributed by atoms with Crippen LogP contribution in [0.3, 0.4) is 0 Å². The number of amides is 1. The highest BCUT2D eigenvalue weighted by Crippen LogP contribution is 2.14. The first kappa shape index (κ1) is 12.9. The number of aromatic nitrogens is 2. The highest BCUT2D eigenvalue weighted by molar-refractivity contribution is 5.95. The molecule has 0 atom stereocenters. The maximum atomic E-state index is 13.4. The van der Waals surface area contributed by atoms with Gasteiger partial charge in [0.25, 0.3) is 5.91 Å². The Bertz CT molecular complexity index is 614. The summed E-state index contributed by atoms with van der Waals surface area (Å²) in [6.45, 7) is -0.0583. The summed E-state index contributed by atoms with van der Waals surface area (Å²) in [6, 6.07) is 3.13.